The molecule has 0 saturated heterocycles. The van der Waals surface area contributed by atoms with E-state index in [0.29, 0.717) is 9.90 Å². The number of hydrogen-bond donors (Lipinski definition) is 1. The van der Waals surface area contributed by atoms with Crippen LogP contribution in [0.1, 0.15) is 18.1 Å². The molecule has 7 heteroatoms. The second-order valence-electron chi connectivity index (χ2n) is 5.61. The summed E-state index contributed by atoms with van der Waals surface area (Å²) in [5.41, 5.74) is 4.30. The lowest BCUT2D eigenvalue weighted by Crippen LogP contribution is -2.12. The van der Waals surface area contributed by atoms with Crippen LogP contribution in [0, 0.1) is 13.8 Å². The normalized spacial score (nSPS) is 11.6. The molecule has 1 N–H and O–H groups in total. The molecule has 0 atom stereocenters. The molecule has 0 unspecified atom stereocenters. The van der Waals surface area contributed by atoms with E-state index in [2.05, 4.69) is 9.82 Å². The van der Waals surface area contributed by atoms with Crippen molar-refractivity contribution in [3.8, 4) is 11.3 Å². The number of aryl methyl sites for hydroxylation is 3. The summed E-state index contributed by atoms with van der Waals surface area (Å²) >= 11 is 1.21. The number of nitrogens with zero attached hydrogens (tertiary/aromatic N) is 2. The first kappa shape index (κ1) is 16.7. The molecule has 0 radical (unpaired) electrons. The fourth-order valence-electron chi connectivity index (χ4n) is 2.46. The summed E-state index contributed by atoms with van der Waals surface area (Å²) in [6.07, 6.45) is 1.72. The van der Waals surface area contributed by atoms with E-state index in [1.54, 1.807) is 12.3 Å². The van der Waals surface area contributed by atoms with Crippen LogP contribution in [-0.4, -0.2) is 18.2 Å². The van der Waals surface area contributed by atoms with Crippen molar-refractivity contribution in [1.82, 2.24) is 9.78 Å². The number of hydrogen-bond acceptors (Lipinski definition) is 4. The quantitative estimate of drug-likeness (QED) is 0.746. The molecular weight excluding hydrogens is 342 g/mol. The summed E-state index contributed by atoms with van der Waals surface area (Å²) < 4.78 is 30.2. The van der Waals surface area contributed by atoms with Crippen LogP contribution in [0.3, 0.4) is 0 Å². The Morgan fingerprint density at radius 2 is 2.00 bits per heavy atom. The predicted octanol–water partition coefficient (Wildman–Crippen LogP) is 4.05. The second kappa shape index (κ2) is 6.41. The van der Waals surface area contributed by atoms with Crippen LogP contribution >= 0.6 is 11.3 Å². The topological polar surface area (TPSA) is 64.0 Å². The number of aromatic nitrogens is 2. The molecule has 126 valence electrons. The first-order valence-electron chi connectivity index (χ1n) is 7.61. The van der Waals surface area contributed by atoms with E-state index < -0.39 is 10.0 Å². The molecule has 3 rings (SSSR count). The summed E-state index contributed by atoms with van der Waals surface area (Å²) in [5, 5.41) is 6.08. The van der Waals surface area contributed by atoms with Gasteiger partial charge < -0.3 is 0 Å². The van der Waals surface area contributed by atoms with Crippen LogP contribution < -0.4 is 4.72 Å². The van der Waals surface area contributed by atoms with E-state index in [4.69, 9.17) is 0 Å². The van der Waals surface area contributed by atoms with Gasteiger partial charge in [-0.15, -0.1) is 11.3 Å². The maximum absolute atomic E-state index is 12.7. The van der Waals surface area contributed by atoms with Gasteiger partial charge in [0.25, 0.3) is 10.0 Å². The van der Waals surface area contributed by atoms with Gasteiger partial charge in [-0.1, -0.05) is 12.1 Å². The molecule has 0 aliphatic carbocycles. The Morgan fingerprint density at radius 3 is 2.75 bits per heavy atom. The Labute approximate surface area is 146 Å². The lowest BCUT2D eigenvalue weighted by atomic mass is 10.1. The maximum Gasteiger partial charge on any atom is 0.271 e. The SMILES string of the molecule is CCn1nccc1-c1csc(S(=O)(=O)Nc2cc(C)ccc2C)c1. The van der Waals surface area contributed by atoms with Crippen molar-refractivity contribution in [2.75, 3.05) is 4.72 Å². The fourth-order valence-corrected chi connectivity index (χ4v) is 4.76. The minimum absolute atomic E-state index is 0.294. The Hall–Kier alpha value is -2.12. The highest BCUT2D eigenvalue weighted by atomic mass is 32.2. The molecule has 24 heavy (non-hydrogen) atoms. The molecule has 3 aromatic rings. The third-order valence-electron chi connectivity index (χ3n) is 3.79. The van der Waals surface area contributed by atoms with E-state index in [1.807, 2.05) is 55.1 Å². The summed E-state index contributed by atoms with van der Waals surface area (Å²) in [4.78, 5) is 0. The van der Waals surface area contributed by atoms with Crippen molar-refractivity contribution in [3.05, 3.63) is 53.0 Å². The van der Waals surface area contributed by atoms with Gasteiger partial charge in [0.2, 0.25) is 0 Å². The molecule has 0 aliphatic heterocycles. The van der Waals surface area contributed by atoms with E-state index >= 15 is 0 Å². The van der Waals surface area contributed by atoms with Crippen molar-refractivity contribution in [2.45, 2.75) is 31.5 Å². The van der Waals surface area contributed by atoms with E-state index in [0.717, 1.165) is 28.9 Å². The second-order valence-corrected chi connectivity index (χ2v) is 8.43. The van der Waals surface area contributed by atoms with Gasteiger partial charge in [0.1, 0.15) is 4.21 Å². The van der Waals surface area contributed by atoms with E-state index in [-0.39, 0.29) is 0 Å². The van der Waals surface area contributed by atoms with Gasteiger partial charge in [-0.25, -0.2) is 8.42 Å². The monoisotopic (exact) mass is 361 g/mol. The van der Waals surface area contributed by atoms with E-state index in [1.165, 1.54) is 11.3 Å². The first-order valence-corrected chi connectivity index (χ1v) is 9.98. The molecule has 2 aromatic heterocycles. The van der Waals surface area contributed by atoms with Gasteiger partial charge in [0, 0.05) is 23.7 Å². The first-order chi connectivity index (χ1) is 11.4. The van der Waals surface area contributed by atoms with Crippen molar-refractivity contribution in [3.63, 3.8) is 0 Å². The molecule has 0 bridgehead atoms. The molecule has 5 nitrogen and oxygen atoms in total. The number of sulfonamides is 1. The Bertz CT molecular complexity index is 971. The summed E-state index contributed by atoms with van der Waals surface area (Å²) in [6.45, 7) is 6.56. The number of rotatable bonds is 5. The minimum Gasteiger partial charge on any atom is -0.279 e. The highest BCUT2D eigenvalue weighted by Crippen LogP contribution is 2.30. The molecular formula is C17H19N3O2S2. The maximum atomic E-state index is 12.7. The molecule has 0 amide bonds. The van der Waals surface area contributed by atoms with Crippen LogP contribution in [0.2, 0.25) is 0 Å². The summed E-state index contributed by atoms with van der Waals surface area (Å²) in [6, 6.07) is 9.30. The van der Waals surface area contributed by atoms with Crippen molar-refractivity contribution >= 4 is 27.0 Å². The van der Waals surface area contributed by atoms with Gasteiger partial charge in [-0.05, 0) is 50.1 Å². The Kier molecular flexibility index (Phi) is 4.47. The average Bonchev–Trinajstić information content (AvgIpc) is 3.18. The summed E-state index contributed by atoms with van der Waals surface area (Å²) in [5.74, 6) is 0. The molecule has 0 fully saturated rings. The zero-order valence-corrected chi connectivity index (χ0v) is 15.4. The Morgan fingerprint density at radius 1 is 1.21 bits per heavy atom. The lowest BCUT2D eigenvalue weighted by molar-refractivity contribution is 0.603. The molecule has 0 spiro atoms. The largest absolute Gasteiger partial charge is 0.279 e. The molecule has 1 aromatic carbocycles. The minimum atomic E-state index is -3.60. The number of anilines is 1. The number of benzene rings is 1. The number of thiophene rings is 1. The van der Waals surface area contributed by atoms with Crippen LogP contribution in [-0.2, 0) is 16.6 Å². The van der Waals surface area contributed by atoms with Crippen molar-refractivity contribution in [2.24, 2.45) is 0 Å². The zero-order valence-electron chi connectivity index (χ0n) is 13.8. The summed E-state index contributed by atoms with van der Waals surface area (Å²) in [7, 11) is -3.60. The zero-order chi connectivity index (χ0) is 17.3. The fraction of sp³-hybridized carbons (Fsp3) is 0.235. The van der Waals surface area contributed by atoms with E-state index in [9.17, 15) is 8.42 Å². The average molecular weight is 361 g/mol. The van der Waals surface area contributed by atoms with Gasteiger partial charge in [-0.2, -0.15) is 5.10 Å². The smallest absolute Gasteiger partial charge is 0.271 e. The van der Waals surface area contributed by atoms with Crippen molar-refractivity contribution < 1.29 is 8.42 Å². The molecule has 2 heterocycles. The third kappa shape index (κ3) is 3.22. The van der Waals surface area contributed by atoms with Gasteiger partial charge in [0.15, 0.2) is 0 Å². The highest BCUT2D eigenvalue weighted by molar-refractivity contribution is 7.94. The standard InChI is InChI=1S/C17H19N3O2S2/c1-4-20-16(7-8-18-20)14-10-17(23-11-14)24(21,22)19-15-9-12(2)5-6-13(15)3/h5-11,19H,4H2,1-3H3. The molecule has 0 saturated carbocycles. The Balaban J connectivity index is 1.92. The highest BCUT2D eigenvalue weighted by Gasteiger charge is 2.19. The predicted molar refractivity (Wildman–Crippen MR) is 97.9 cm³/mol. The van der Waals surface area contributed by atoms with Crippen LogP contribution in [0.5, 0.6) is 0 Å². The number of nitrogens with one attached hydrogen (secondary N) is 1. The van der Waals surface area contributed by atoms with Crippen LogP contribution in [0.4, 0.5) is 5.69 Å². The third-order valence-corrected chi connectivity index (χ3v) is 6.59. The van der Waals surface area contributed by atoms with Crippen LogP contribution in [0.15, 0.2) is 46.1 Å². The van der Waals surface area contributed by atoms with Gasteiger partial charge >= 0.3 is 0 Å². The van der Waals surface area contributed by atoms with Crippen LogP contribution in [0.25, 0.3) is 11.3 Å². The van der Waals surface area contributed by atoms with Crippen molar-refractivity contribution in [1.29, 1.82) is 0 Å². The van der Waals surface area contributed by atoms with Gasteiger partial charge in [0.05, 0.1) is 11.4 Å². The van der Waals surface area contributed by atoms with Gasteiger partial charge in [-0.3, -0.25) is 9.40 Å². The lowest BCUT2D eigenvalue weighted by Gasteiger charge is -2.10. The molecule has 0 aliphatic rings.